The Hall–Kier alpha value is -1.61. The number of sulfonamides is 1. The van der Waals surface area contributed by atoms with Crippen molar-refractivity contribution < 1.29 is 17.9 Å². The van der Waals surface area contributed by atoms with Gasteiger partial charge in [0.05, 0.1) is 10.9 Å². The van der Waals surface area contributed by atoms with E-state index in [1.165, 1.54) is 4.31 Å². The molecule has 1 aromatic carbocycles. The lowest BCUT2D eigenvalue weighted by atomic mass is 9.85. The Bertz CT molecular complexity index is 984. The van der Waals surface area contributed by atoms with Crippen LogP contribution in [-0.2, 0) is 21.4 Å². The van der Waals surface area contributed by atoms with Crippen molar-refractivity contribution in [2.45, 2.75) is 50.3 Å². The molecule has 1 N–H and O–H groups in total. The molecule has 1 atom stereocenters. The molecule has 1 aliphatic heterocycles. The summed E-state index contributed by atoms with van der Waals surface area (Å²) in [5.74, 6) is 0.823. The molecular weight excluding hydrogens is 468 g/mol. The molecule has 1 aliphatic rings. The van der Waals surface area contributed by atoms with Crippen LogP contribution < -0.4 is 10.1 Å². The van der Waals surface area contributed by atoms with Crippen molar-refractivity contribution in [2.24, 2.45) is 11.8 Å². The van der Waals surface area contributed by atoms with Crippen LogP contribution in [-0.4, -0.2) is 38.3 Å². The SMILES string of the molecule is CCCCOc1ccc(CNC(=O)[C@H](C)C2CCN(S(=O)(=O)c3ccc(Cl)s3)CC2)cc1. The molecule has 2 heterocycles. The number of halogens is 1. The number of hydrogen-bond acceptors (Lipinski definition) is 5. The maximum atomic E-state index is 12.8. The zero-order valence-corrected chi connectivity index (χ0v) is 20.9. The molecule has 0 aliphatic carbocycles. The maximum Gasteiger partial charge on any atom is 0.252 e. The number of piperidine rings is 1. The van der Waals surface area contributed by atoms with Gasteiger partial charge in [0.25, 0.3) is 10.0 Å². The number of amides is 1. The zero-order valence-electron chi connectivity index (χ0n) is 18.6. The first kappa shape index (κ1) is 25.0. The second kappa shape index (κ2) is 11.5. The number of nitrogens with one attached hydrogen (secondary N) is 1. The van der Waals surface area contributed by atoms with Gasteiger partial charge in [-0.05, 0) is 55.0 Å². The minimum Gasteiger partial charge on any atom is -0.494 e. The average molecular weight is 499 g/mol. The lowest BCUT2D eigenvalue weighted by Gasteiger charge is -2.33. The molecule has 1 fully saturated rings. The van der Waals surface area contributed by atoms with Crippen LogP contribution in [0.5, 0.6) is 5.75 Å². The number of carbonyl (C=O) groups is 1. The van der Waals surface area contributed by atoms with Crippen LogP contribution in [0.25, 0.3) is 0 Å². The van der Waals surface area contributed by atoms with E-state index in [1.807, 2.05) is 31.2 Å². The number of benzene rings is 1. The Kier molecular flexibility index (Phi) is 8.99. The van der Waals surface area contributed by atoms with Gasteiger partial charge in [-0.25, -0.2) is 8.42 Å². The van der Waals surface area contributed by atoms with Crippen LogP contribution >= 0.6 is 22.9 Å². The van der Waals surface area contributed by atoms with Crippen molar-refractivity contribution in [1.82, 2.24) is 9.62 Å². The van der Waals surface area contributed by atoms with E-state index in [4.69, 9.17) is 16.3 Å². The van der Waals surface area contributed by atoms with Gasteiger partial charge in [0.2, 0.25) is 5.91 Å². The van der Waals surface area contributed by atoms with E-state index < -0.39 is 10.0 Å². The Balaban J connectivity index is 1.45. The topological polar surface area (TPSA) is 75.7 Å². The van der Waals surface area contributed by atoms with E-state index in [-0.39, 0.29) is 22.0 Å². The van der Waals surface area contributed by atoms with Gasteiger partial charge < -0.3 is 10.1 Å². The molecule has 2 aromatic rings. The van der Waals surface area contributed by atoms with Crippen LogP contribution in [0.3, 0.4) is 0 Å². The molecule has 6 nitrogen and oxygen atoms in total. The van der Waals surface area contributed by atoms with Crippen molar-refractivity contribution in [3.63, 3.8) is 0 Å². The molecule has 0 unspecified atom stereocenters. The number of carbonyl (C=O) groups excluding carboxylic acids is 1. The lowest BCUT2D eigenvalue weighted by Crippen LogP contribution is -2.42. The van der Waals surface area contributed by atoms with Crippen molar-refractivity contribution in [2.75, 3.05) is 19.7 Å². The minimum absolute atomic E-state index is 0.000354. The van der Waals surface area contributed by atoms with Gasteiger partial charge in [0.15, 0.2) is 0 Å². The first-order valence-electron chi connectivity index (χ1n) is 11.1. The normalized spacial score (nSPS) is 16.6. The molecule has 3 rings (SSSR count). The van der Waals surface area contributed by atoms with E-state index in [9.17, 15) is 13.2 Å². The molecule has 0 radical (unpaired) electrons. The summed E-state index contributed by atoms with van der Waals surface area (Å²) in [7, 11) is -3.51. The lowest BCUT2D eigenvalue weighted by molar-refractivity contribution is -0.126. The summed E-state index contributed by atoms with van der Waals surface area (Å²) in [4.78, 5) is 12.7. The van der Waals surface area contributed by atoms with Crippen molar-refractivity contribution in [3.05, 3.63) is 46.3 Å². The third-order valence-electron chi connectivity index (χ3n) is 5.92. The fourth-order valence-electron chi connectivity index (χ4n) is 3.78. The van der Waals surface area contributed by atoms with Gasteiger partial charge in [-0.3, -0.25) is 4.79 Å². The van der Waals surface area contributed by atoms with E-state index in [0.717, 1.165) is 35.5 Å². The Morgan fingerprint density at radius 3 is 2.50 bits per heavy atom. The van der Waals surface area contributed by atoms with Gasteiger partial charge in [0.1, 0.15) is 9.96 Å². The molecule has 0 spiro atoms. The Labute approximate surface area is 200 Å². The predicted octanol–water partition coefficient (Wildman–Crippen LogP) is 4.93. The molecule has 176 valence electrons. The van der Waals surface area contributed by atoms with E-state index in [2.05, 4.69) is 12.2 Å². The molecule has 0 bridgehead atoms. The number of rotatable bonds is 10. The van der Waals surface area contributed by atoms with Gasteiger partial charge in [-0.2, -0.15) is 4.31 Å². The van der Waals surface area contributed by atoms with Crippen molar-refractivity contribution in [1.29, 1.82) is 0 Å². The second-order valence-electron chi connectivity index (χ2n) is 8.15. The van der Waals surface area contributed by atoms with E-state index in [0.29, 0.717) is 43.4 Å². The van der Waals surface area contributed by atoms with Crippen molar-refractivity contribution in [3.8, 4) is 5.75 Å². The Morgan fingerprint density at radius 1 is 1.22 bits per heavy atom. The standard InChI is InChI=1S/C23H31ClN2O4S2/c1-3-4-15-30-20-7-5-18(6-8-20)16-25-23(27)17(2)19-11-13-26(14-12-19)32(28,29)22-10-9-21(24)31-22/h5-10,17,19H,3-4,11-16H2,1-2H3,(H,25,27)/t17-/m1/s1. The monoisotopic (exact) mass is 498 g/mol. The summed E-state index contributed by atoms with van der Waals surface area (Å²) in [5.41, 5.74) is 1.02. The molecule has 9 heteroatoms. The number of nitrogens with zero attached hydrogens (tertiary/aromatic N) is 1. The summed E-state index contributed by atoms with van der Waals surface area (Å²) in [6.07, 6.45) is 3.46. The van der Waals surface area contributed by atoms with Crippen LogP contribution in [0.1, 0.15) is 45.1 Å². The van der Waals surface area contributed by atoms with Crippen molar-refractivity contribution >= 4 is 38.9 Å². The summed E-state index contributed by atoms with van der Waals surface area (Å²) in [5, 5.41) is 3.01. The average Bonchev–Trinajstić information content (AvgIpc) is 3.25. The molecule has 0 saturated carbocycles. The highest BCUT2D eigenvalue weighted by Crippen LogP contribution is 2.32. The third-order valence-corrected chi connectivity index (χ3v) is 9.52. The third kappa shape index (κ3) is 6.47. The number of thiophene rings is 1. The Morgan fingerprint density at radius 2 is 1.91 bits per heavy atom. The summed E-state index contributed by atoms with van der Waals surface area (Å²) in [6, 6.07) is 10.9. The molecule has 1 saturated heterocycles. The first-order chi connectivity index (χ1) is 15.3. The van der Waals surface area contributed by atoms with E-state index >= 15 is 0 Å². The van der Waals surface area contributed by atoms with Gasteiger partial charge >= 0.3 is 0 Å². The first-order valence-corrected chi connectivity index (χ1v) is 13.7. The van der Waals surface area contributed by atoms with Gasteiger partial charge in [-0.15, -0.1) is 11.3 Å². The molecule has 1 amide bonds. The summed E-state index contributed by atoms with van der Waals surface area (Å²) < 4.78 is 33.4. The minimum atomic E-state index is -3.51. The zero-order chi connectivity index (χ0) is 23.1. The van der Waals surface area contributed by atoms with Gasteiger partial charge in [0, 0.05) is 25.6 Å². The highest BCUT2D eigenvalue weighted by molar-refractivity contribution is 7.91. The smallest absolute Gasteiger partial charge is 0.252 e. The van der Waals surface area contributed by atoms with Crippen LogP contribution in [0.2, 0.25) is 4.34 Å². The number of hydrogen-bond donors (Lipinski definition) is 1. The summed E-state index contributed by atoms with van der Waals surface area (Å²) in [6.45, 7) is 6.06. The predicted molar refractivity (Wildman–Crippen MR) is 129 cm³/mol. The highest BCUT2D eigenvalue weighted by Gasteiger charge is 2.34. The fourth-order valence-corrected chi connectivity index (χ4v) is 6.89. The summed E-state index contributed by atoms with van der Waals surface area (Å²) >= 11 is 6.97. The van der Waals surface area contributed by atoms with Crippen LogP contribution in [0, 0.1) is 11.8 Å². The van der Waals surface area contributed by atoms with Crippen LogP contribution in [0.15, 0.2) is 40.6 Å². The second-order valence-corrected chi connectivity index (χ2v) is 12.0. The largest absolute Gasteiger partial charge is 0.494 e. The number of unbranched alkanes of at least 4 members (excludes halogenated alkanes) is 1. The number of ether oxygens (including phenoxy) is 1. The quantitative estimate of drug-likeness (QED) is 0.471. The highest BCUT2D eigenvalue weighted by atomic mass is 35.5. The molecular formula is C23H31ClN2O4S2. The van der Waals surface area contributed by atoms with Crippen LogP contribution in [0.4, 0.5) is 0 Å². The van der Waals surface area contributed by atoms with E-state index in [1.54, 1.807) is 12.1 Å². The molecule has 32 heavy (non-hydrogen) atoms. The molecule has 1 aromatic heterocycles. The van der Waals surface area contributed by atoms with Gasteiger partial charge in [-0.1, -0.05) is 44.0 Å². The fraction of sp³-hybridized carbons (Fsp3) is 0.522. The maximum absolute atomic E-state index is 12.8.